The van der Waals surface area contributed by atoms with Crippen LogP contribution in [0, 0.1) is 27.7 Å². The minimum atomic E-state index is -0.365. The molecule has 0 amide bonds. The van der Waals surface area contributed by atoms with Crippen molar-refractivity contribution in [2.24, 2.45) is 0 Å². The number of aryl methyl sites for hydroxylation is 5. The molecule has 0 aliphatic carbocycles. The fourth-order valence-corrected chi connectivity index (χ4v) is 6.14. The van der Waals surface area contributed by atoms with Crippen molar-refractivity contribution >= 4 is 16.6 Å². The maximum atomic E-state index is 13.7. The number of tetrazole rings is 1. The number of H-pyrrole nitrogens is 1. The van der Waals surface area contributed by atoms with Crippen LogP contribution in [0.3, 0.4) is 0 Å². The summed E-state index contributed by atoms with van der Waals surface area (Å²) in [6.07, 6.45) is 0.804. The lowest BCUT2D eigenvalue weighted by atomic mass is 9.99. The van der Waals surface area contributed by atoms with Gasteiger partial charge in [0.2, 0.25) is 0 Å². The topological polar surface area (TPSA) is 82.9 Å². The predicted molar refractivity (Wildman–Crippen MR) is 164 cm³/mol. The number of piperazine rings is 1. The molecule has 3 aromatic carbocycles. The van der Waals surface area contributed by atoms with E-state index in [1.54, 1.807) is 0 Å². The smallest absolute Gasteiger partial charge is 0.253 e. The Morgan fingerprint density at radius 2 is 1.66 bits per heavy atom. The molecule has 1 fully saturated rings. The van der Waals surface area contributed by atoms with Crippen LogP contribution in [0.15, 0.2) is 71.5 Å². The van der Waals surface area contributed by atoms with E-state index >= 15 is 0 Å². The fourth-order valence-electron chi connectivity index (χ4n) is 6.14. The Kier molecular flexibility index (Phi) is 7.41. The highest BCUT2D eigenvalue weighted by atomic mass is 16.1. The van der Waals surface area contributed by atoms with Gasteiger partial charge < -0.3 is 9.88 Å². The average molecular weight is 548 g/mol. The van der Waals surface area contributed by atoms with E-state index in [1.165, 1.54) is 22.4 Å². The second-order valence-electron chi connectivity index (χ2n) is 11.2. The first-order valence-electron chi connectivity index (χ1n) is 14.4. The zero-order valence-corrected chi connectivity index (χ0v) is 24.3. The van der Waals surface area contributed by atoms with Gasteiger partial charge >= 0.3 is 0 Å². The second kappa shape index (κ2) is 11.3. The highest BCUT2D eigenvalue weighted by molar-refractivity contribution is 5.83. The highest BCUT2D eigenvalue weighted by Gasteiger charge is 2.33. The van der Waals surface area contributed by atoms with E-state index in [0.29, 0.717) is 17.9 Å². The van der Waals surface area contributed by atoms with Gasteiger partial charge in [-0.25, -0.2) is 4.68 Å². The molecule has 1 saturated heterocycles. The molecule has 6 rings (SSSR count). The number of pyridine rings is 1. The number of benzene rings is 3. The normalized spacial score (nSPS) is 15.0. The van der Waals surface area contributed by atoms with Crippen LogP contribution in [-0.4, -0.2) is 56.3 Å². The summed E-state index contributed by atoms with van der Waals surface area (Å²) in [5.41, 5.74) is 8.83. The minimum absolute atomic E-state index is 0.0953. The first kappa shape index (κ1) is 26.9. The molecule has 1 aliphatic rings. The highest BCUT2D eigenvalue weighted by Crippen LogP contribution is 2.31. The molecule has 1 N–H and O–H groups in total. The van der Waals surface area contributed by atoms with Gasteiger partial charge in [-0.1, -0.05) is 48.5 Å². The van der Waals surface area contributed by atoms with Gasteiger partial charge in [0, 0.05) is 54.9 Å². The van der Waals surface area contributed by atoms with Crippen LogP contribution in [0.4, 0.5) is 5.69 Å². The summed E-state index contributed by atoms with van der Waals surface area (Å²) in [7, 11) is 0. The van der Waals surface area contributed by atoms with Gasteiger partial charge in [-0.05, 0) is 90.6 Å². The lowest BCUT2D eigenvalue weighted by Gasteiger charge is -2.40. The largest absolute Gasteiger partial charge is 0.369 e. The zero-order chi connectivity index (χ0) is 28.5. The van der Waals surface area contributed by atoms with Crippen molar-refractivity contribution in [3.63, 3.8) is 0 Å². The summed E-state index contributed by atoms with van der Waals surface area (Å²) in [6, 6.07) is 22.7. The third-order valence-electron chi connectivity index (χ3n) is 8.49. The Bertz CT molecular complexity index is 1730. The van der Waals surface area contributed by atoms with Crippen molar-refractivity contribution in [2.75, 3.05) is 31.1 Å². The number of aromatic nitrogens is 5. The van der Waals surface area contributed by atoms with Crippen molar-refractivity contribution in [3.8, 4) is 0 Å². The standard InChI is InChI=1S/C33H37N7O/c1-22-19-24(3)27-21-28(33(41)34-29(27)20-22)31(32-35-36-37-40(32)14-13-26-10-6-5-7-11-26)39-17-15-38(16-18-39)30-12-8-9-23(2)25(30)4/h5-12,19-21,31H,13-18H2,1-4H3,(H,34,41)/t31-/m0/s1. The van der Waals surface area contributed by atoms with E-state index in [-0.39, 0.29) is 11.6 Å². The summed E-state index contributed by atoms with van der Waals surface area (Å²) in [5, 5.41) is 14.1. The third kappa shape index (κ3) is 5.39. The first-order valence-corrected chi connectivity index (χ1v) is 14.4. The van der Waals surface area contributed by atoms with E-state index in [9.17, 15) is 4.79 Å². The molecule has 0 radical (unpaired) electrons. The Morgan fingerprint density at radius 1 is 0.878 bits per heavy atom. The molecule has 8 heteroatoms. The van der Waals surface area contributed by atoms with E-state index in [0.717, 1.165) is 54.6 Å². The van der Waals surface area contributed by atoms with Crippen LogP contribution in [0.25, 0.3) is 10.9 Å². The maximum Gasteiger partial charge on any atom is 0.253 e. The summed E-state index contributed by atoms with van der Waals surface area (Å²) < 4.78 is 1.88. The van der Waals surface area contributed by atoms with Crippen LogP contribution in [0.5, 0.6) is 0 Å². The summed E-state index contributed by atoms with van der Waals surface area (Å²) in [6.45, 7) is 12.4. The maximum absolute atomic E-state index is 13.7. The van der Waals surface area contributed by atoms with Crippen LogP contribution < -0.4 is 10.5 Å². The Labute approximate surface area is 240 Å². The Balaban J connectivity index is 1.37. The SMILES string of the molecule is Cc1cc(C)c2cc([C@@H](c3nnnn3CCc3ccccc3)N3CCN(c4cccc(C)c4C)CC3)c(=O)[nH]c2c1. The van der Waals surface area contributed by atoms with Crippen molar-refractivity contribution in [1.82, 2.24) is 30.1 Å². The second-order valence-corrected chi connectivity index (χ2v) is 11.2. The van der Waals surface area contributed by atoms with Crippen LogP contribution >= 0.6 is 0 Å². The molecule has 41 heavy (non-hydrogen) atoms. The van der Waals surface area contributed by atoms with Gasteiger partial charge in [-0.2, -0.15) is 0 Å². The Hall–Kier alpha value is -4.30. The molecule has 0 bridgehead atoms. The van der Waals surface area contributed by atoms with E-state index < -0.39 is 0 Å². The fraction of sp³-hybridized carbons (Fsp3) is 0.333. The molecule has 1 atom stereocenters. The minimum Gasteiger partial charge on any atom is -0.369 e. The van der Waals surface area contributed by atoms with Gasteiger partial charge in [0.25, 0.3) is 5.56 Å². The summed E-state index contributed by atoms with van der Waals surface area (Å²) in [5.74, 6) is 0.704. The predicted octanol–water partition coefficient (Wildman–Crippen LogP) is 4.90. The third-order valence-corrected chi connectivity index (χ3v) is 8.49. The molecular weight excluding hydrogens is 510 g/mol. The monoisotopic (exact) mass is 547 g/mol. The lowest BCUT2D eigenvalue weighted by Crippen LogP contribution is -2.49. The Morgan fingerprint density at radius 3 is 2.44 bits per heavy atom. The van der Waals surface area contributed by atoms with Gasteiger partial charge in [-0.15, -0.1) is 5.10 Å². The molecule has 8 nitrogen and oxygen atoms in total. The zero-order valence-electron chi connectivity index (χ0n) is 24.3. The molecule has 3 heterocycles. The van der Waals surface area contributed by atoms with Gasteiger partial charge in [0.1, 0.15) is 6.04 Å². The molecule has 1 aliphatic heterocycles. The number of nitrogens with zero attached hydrogens (tertiary/aromatic N) is 6. The summed E-state index contributed by atoms with van der Waals surface area (Å²) in [4.78, 5) is 21.7. The number of hydrogen-bond acceptors (Lipinski definition) is 6. The average Bonchev–Trinajstić information content (AvgIpc) is 3.43. The van der Waals surface area contributed by atoms with E-state index in [4.69, 9.17) is 0 Å². The number of fused-ring (bicyclic) bond motifs is 1. The van der Waals surface area contributed by atoms with E-state index in [2.05, 4.69) is 100 Å². The van der Waals surface area contributed by atoms with Gasteiger partial charge in [-0.3, -0.25) is 9.69 Å². The number of aromatic amines is 1. The molecular formula is C33H37N7O. The summed E-state index contributed by atoms with van der Waals surface area (Å²) >= 11 is 0. The van der Waals surface area contributed by atoms with Crippen LogP contribution in [0.2, 0.25) is 0 Å². The number of rotatable bonds is 7. The van der Waals surface area contributed by atoms with Gasteiger partial charge in [0.05, 0.1) is 0 Å². The molecule has 2 aromatic heterocycles. The van der Waals surface area contributed by atoms with Crippen molar-refractivity contribution in [3.05, 3.63) is 116 Å². The van der Waals surface area contributed by atoms with Gasteiger partial charge in [0.15, 0.2) is 5.82 Å². The number of anilines is 1. The number of hydrogen-bond donors (Lipinski definition) is 1. The van der Waals surface area contributed by atoms with Crippen molar-refractivity contribution in [2.45, 2.75) is 46.7 Å². The van der Waals surface area contributed by atoms with E-state index in [1.807, 2.05) is 28.9 Å². The lowest BCUT2D eigenvalue weighted by molar-refractivity contribution is 0.199. The number of nitrogens with one attached hydrogen (secondary N) is 1. The van der Waals surface area contributed by atoms with Crippen molar-refractivity contribution in [1.29, 1.82) is 0 Å². The quantitative estimate of drug-likeness (QED) is 0.312. The van der Waals surface area contributed by atoms with Crippen LogP contribution in [0.1, 0.15) is 45.2 Å². The molecule has 5 aromatic rings. The molecule has 0 spiro atoms. The molecule has 0 saturated carbocycles. The first-order chi connectivity index (χ1) is 19.9. The molecule has 0 unspecified atom stereocenters. The molecule has 210 valence electrons. The van der Waals surface area contributed by atoms with Crippen LogP contribution in [-0.2, 0) is 13.0 Å². The van der Waals surface area contributed by atoms with Crippen molar-refractivity contribution < 1.29 is 0 Å².